The van der Waals surface area contributed by atoms with E-state index in [4.69, 9.17) is 4.42 Å². The molecule has 0 aliphatic heterocycles. The molecule has 10 nitrogen and oxygen atoms in total. The van der Waals surface area contributed by atoms with Gasteiger partial charge in [0.15, 0.2) is 5.58 Å². The van der Waals surface area contributed by atoms with Crippen LogP contribution in [0.4, 0.5) is 11.4 Å². The smallest absolute Gasteiger partial charge is 0.295 e. The van der Waals surface area contributed by atoms with Crippen LogP contribution >= 0.6 is 0 Å². The summed E-state index contributed by atoms with van der Waals surface area (Å²) in [6.45, 7) is 5.99. The number of rotatable bonds is 4. The highest BCUT2D eigenvalue weighted by Crippen LogP contribution is 2.28. The van der Waals surface area contributed by atoms with Crippen LogP contribution in [-0.4, -0.2) is 30.6 Å². The van der Waals surface area contributed by atoms with Gasteiger partial charge >= 0.3 is 0 Å². The summed E-state index contributed by atoms with van der Waals surface area (Å²) in [6.07, 6.45) is 2.62. The average molecular weight is 406 g/mol. The Hall–Kier alpha value is -4.08. The van der Waals surface area contributed by atoms with Gasteiger partial charge in [-0.1, -0.05) is 20.8 Å². The standard InChI is InChI=1S/C20H18N6O4/c1-20(2,3)19-24-14-9-13(5-7-17(14)30-19)23-18(27)12-4-6-15(16(8-12)26(28)29)25-11-21-10-22-25/h4-11H,1-3H3,(H,23,27). The summed E-state index contributed by atoms with van der Waals surface area (Å²) in [5.74, 6) is 0.113. The monoisotopic (exact) mass is 406 g/mol. The summed E-state index contributed by atoms with van der Waals surface area (Å²) in [4.78, 5) is 31.9. The molecule has 0 spiro atoms. The van der Waals surface area contributed by atoms with E-state index in [9.17, 15) is 14.9 Å². The molecule has 2 aromatic heterocycles. The van der Waals surface area contributed by atoms with Gasteiger partial charge in [-0.05, 0) is 30.3 Å². The van der Waals surface area contributed by atoms with Crippen molar-refractivity contribution >= 4 is 28.4 Å². The zero-order valence-corrected chi connectivity index (χ0v) is 16.5. The molecule has 2 heterocycles. The highest BCUT2D eigenvalue weighted by atomic mass is 16.6. The predicted octanol–water partition coefficient (Wildman–Crippen LogP) is 3.87. The summed E-state index contributed by atoms with van der Waals surface area (Å²) in [5, 5.41) is 18.1. The third kappa shape index (κ3) is 3.62. The minimum atomic E-state index is -0.566. The molecule has 0 atom stereocenters. The third-order valence-electron chi connectivity index (χ3n) is 4.39. The van der Waals surface area contributed by atoms with E-state index in [1.165, 1.54) is 35.5 Å². The molecule has 30 heavy (non-hydrogen) atoms. The van der Waals surface area contributed by atoms with Crippen LogP contribution in [0.2, 0.25) is 0 Å². The second-order valence-electron chi connectivity index (χ2n) is 7.71. The van der Waals surface area contributed by atoms with Crippen molar-refractivity contribution in [1.82, 2.24) is 19.7 Å². The Bertz CT molecular complexity index is 1250. The largest absolute Gasteiger partial charge is 0.440 e. The topological polar surface area (TPSA) is 129 Å². The SMILES string of the molecule is CC(C)(C)c1nc2cc(NC(=O)c3ccc(-n4cncn4)c([N+](=O)[O-])c3)ccc2o1. The number of amides is 1. The van der Waals surface area contributed by atoms with Crippen molar-refractivity contribution in [2.75, 3.05) is 5.32 Å². The fourth-order valence-electron chi connectivity index (χ4n) is 2.87. The molecule has 1 N–H and O–H groups in total. The van der Waals surface area contributed by atoms with Gasteiger partial charge in [0, 0.05) is 22.7 Å². The number of hydrogen-bond acceptors (Lipinski definition) is 7. The fraction of sp³-hybridized carbons (Fsp3) is 0.200. The maximum Gasteiger partial charge on any atom is 0.295 e. The Morgan fingerprint density at radius 1 is 1.20 bits per heavy atom. The van der Waals surface area contributed by atoms with Crippen LogP contribution in [0.25, 0.3) is 16.8 Å². The van der Waals surface area contributed by atoms with E-state index in [1.54, 1.807) is 18.2 Å². The number of benzene rings is 2. The zero-order chi connectivity index (χ0) is 21.5. The molecule has 10 heteroatoms. The summed E-state index contributed by atoms with van der Waals surface area (Å²) < 4.78 is 7.02. The highest BCUT2D eigenvalue weighted by molar-refractivity contribution is 6.05. The highest BCUT2D eigenvalue weighted by Gasteiger charge is 2.22. The lowest BCUT2D eigenvalue weighted by molar-refractivity contribution is -0.384. The molecule has 4 aromatic rings. The van der Waals surface area contributed by atoms with E-state index in [2.05, 4.69) is 20.4 Å². The number of hydrogen-bond donors (Lipinski definition) is 1. The number of nitro benzene ring substituents is 1. The molecule has 0 saturated heterocycles. The first-order valence-corrected chi connectivity index (χ1v) is 9.08. The van der Waals surface area contributed by atoms with Gasteiger partial charge in [-0.15, -0.1) is 0 Å². The maximum absolute atomic E-state index is 12.7. The second-order valence-corrected chi connectivity index (χ2v) is 7.71. The number of carbonyl (C=O) groups is 1. The van der Waals surface area contributed by atoms with Gasteiger partial charge in [-0.3, -0.25) is 14.9 Å². The zero-order valence-electron chi connectivity index (χ0n) is 16.5. The van der Waals surface area contributed by atoms with Gasteiger partial charge < -0.3 is 9.73 Å². The van der Waals surface area contributed by atoms with Gasteiger partial charge in [-0.25, -0.2) is 14.6 Å². The van der Waals surface area contributed by atoms with Crippen molar-refractivity contribution in [2.45, 2.75) is 26.2 Å². The molecule has 0 saturated carbocycles. The first kappa shape index (κ1) is 19.2. The van der Waals surface area contributed by atoms with Crippen molar-refractivity contribution in [1.29, 1.82) is 0 Å². The number of nitro groups is 1. The van der Waals surface area contributed by atoms with Gasteiger partial charge in [0.05, 0.1) is 4.92 Å². The van der Waals surface area contributed by atoms with Crippen LogP contribution in [0.15, 0.2) is 53.5 Å². The number of nitrogens with zero attached hydrogens (tertiary/aromatic N) is 5. The molecule has 0 bridgehead atoms. The van der Waals surface area contributed by atoms with Gasteiger partial charge in [0.2, 0.25) is 5.89 Å². The molecule has 4 rings (SSSR count). The molecule has 152 valence electrons. The van der Waals surface area contributed by atoms with Gasteiger partial charge in [-0.2, -0.15) is 5.10 Å². The van der Waals surface area contributed by atoms with Crippen LogP contribution in [-0.2, 0) is 5.41 Å². The number of anilines is 1. The number of fused-ring (bicyclic) bond motifs is 1. The Balaban J connectivity index is 1.62. The number of nitrogens with one attached hydrogen (secondary N) is 1. The maximum atomic E-state index is 12.7. The number of carbonyl (C=O) groups excluding carboxylic acids is 1. The number of aromatic nitrogens is 4. The molecule has 1 amide bonds. The van der Waals surface area contributed by atoms with Gasteiger partial charge in [0.1, 0.15) is 23.9 Å². The first-order valence-electron chi connectivity index (χ1n) is 9.08. The molecule has 0 fully saturated rings. The van der Waals surface area contributed by atoms with E-state index >= 15 is 0 Å². The van der Waals surface area contributed by atoms with E-state index in [0.29, 0.717) is 22.7 Å². The van der Waals surface area contributed by atoms with E-state index in [-0.39, 0.29) is 22.4 Å². The Labute approximate surface area is 170 Å². The fourth-order valence-corrected chi connectivity index (χ4v) is 2.87. The van der Waals surface area contributed by atoms with Crippen molar-refractivity contribution in [3.05, 3.63) is 70.6 Å². The second kappa shape index (κ2) is 7.07. The summed E-state index contributed by atoms with van der Waals surface area (Å²) in [5.41, 5.74) is 1.59. The minimum Gasteiger partial charge on any atom is -0.440 e. The third-order valence-corrected chi connectivity index (χ3v) is 4.39. The van der Waals surface area contributed by atoms with Crippen LogP contribution < -0.4 is 5.32 Å². The Morgan fingerprint density at radius 3 is 2.67 bits per heavy atom. The van der Waals surface area contributed by atoms with Crippen LogP contribution in [0, 0.1) is 10.1 Å². The van der Waals surface area contributed by atoms with E-state index in [0.717, 1.165) is 0 Å². The molecule has 0 aliphatic carbocycles. The van der Waals surface area contributed by atoms with Crippen molar-refractivity contribution in [3.8, 4) is 5.69 Å². The molecule has 2 aromatic carbocycles. The molecular formula is C20H18N6O4. The minimum absolute atomic E-state index is 0.140. The summed E-state index contributed by atoms with van der Waals surface area (Å²) >= 11 is 0. The van der Waals surface area contributed by atoms with Gasteiger partial charge in [0.25, 0.3) is 11.6 Å². The number of oxazole rings is 1. The predicted molar refractivity (Wildman–Crippen MR) is 109 cm³/mol. The van der Waals surface area contributed by atoms with E-state index < -0.39 is 10.8 Å². The van der Waals surface area contributed by atoms with E-state index in [1.807, 2.05) is 20.8 Å². The lowest BCUT2D eigenvalue weighted by atomic mass is 9.97. The van der Waals surface area contributed by atoms with Crippen molar-refractivity contribution < 1.29 is 14.1 Å². The van der Waals surface area contributed by atoms with Crippen LogP contribution in [0.1, 0.15) is 37.0 Å². The lowest BCUT2D eigenvalue weighted by Crippen LogP contribution is -2.13. The first-order chi connectivity index (χ1) is 14.2. The normalized spacial score (nSPS) is 11.6. The Kier molecular flexibility index (Phi) is 4.53. The summed E-state index contributed by atoms with van der Waals surface area (Å²) in [6, 6.07) is 9.27. The van der Waals surface area contributed by atoms with Crippen LogP contribution in [0.3, 0.4) is 0 Å². The molecule has 0 radical (unpaired) electrons. The Morgan fingerprint density at radius 2 is 2.00 bits per heavy atom. The van der Waals surface area contributed by atoms with Crippen LogP contribution in [0.5, 0.6) is 0 Å². The molecule has 0 aliphatic rings. The molecule has 0 unspecified atom stereocenters. The van der Waals surface area contributed by atoms with Crippen molar-refractivity contribution in [2.24, 2.45) is 0 Å². The molecular weight excluding hydrogens is 388 g/mol. The average Bonchev–Trinajstić information content (AvgIpc) is 3.36. The summed E-state index contributed by atoms with van der Waals surface area (Å²) in [7, 11) is 0. The van der Waals surface area contributed by atoms with Crippen molar-refractivity contribution in [3.63, 3.8) is 0 Å². The lowest BCUT2D eigenvalue weighted by Gasteiger charge is -2.11. The quantitative estimate of drug-likeness (QED) is 0.402.